The van der Waals surface area contributed by atoms with E-state index >= 15 is 0 Å². The van der Waals surface area contributed by atoms with E-state index in [-0.39, 0.29) is 0 Å². The number of H-pyrrole nitrogens is 1. The molecular weight excluding hydrogens is 274 g/mol. The van der Waals surface area contributed by atoms with Gasteiger partial charge in [-0.15, -0.1) is 0 Å². The Morgan fingerprint density at radius 2 is 2.05 bits per heavy atom. The van der Waals surface area contributed by atoms with Crippen molar-refractivity contribution in [1.29, 1.82) is 0 Å². The first-order chi connectivity index (χ1) is 10.8. The number of nitrogens with one attached hydrogen (secondary N) is 1. The van der Waals surface area contributed by atoms with Crippen LogP contribution >= 0.6 is 0 Å². The van der Waals surface area contributed by atoms with Crippen LogP contribution in [0.1, 0.15) is 25.5 Å². The summed E-state index contributed by atoms with van der Waals surface area (Å²) in [7, 11) is 0. The van der Waals surface area contributed by atoms with E-state index in [0.717, 1.165) is 36.1 Å². The van der Waals surface area contributed by atoms with Gasteiger partial charge in [0.25, 0.3) is 0 Å². The maximum absolute atomic E-state index is 4.42. The van der Waals surface area contributed by atoms with Crippen LogP contribution in [0.4, 0.5) is 0 Å². The minimum absolute atomic E-state index is 0.578. The molecule has 1 aromatic carbocycles. The van der Waals surface area contributed by atoms with Crippen LogP contribution in [0, 0.1) is 0 Å². The third-order valence-corrected chi connectivity index (χ3v) is 5.09. The highest BCUT2D eigenvalue weighted by molar-refractivity contribution is 5.60. The summed E-state index contributed by atoms with van der Waals surface area (Å²) in [6.45, 7) is 6.83. The van der Waals surface area contributed by atoms with Crippen LogP contribution in [0.3, 0.4) is 0 Å². The van der Waals surface area contributed by atoms with Crippen molar-refractivity contribution in [2.75, 3.05) is 19.6 Å². The molecule has 1 unspecified atom stereocenters. The van der Waals surface area contributed by atoms with Crippen molar-refractivity contribution in [2.45, 2.75) is 38.4 Å². The molecule has 2 atom stereocenters. The van der Waals surface area contributed by atoms with Crippen LogP contribution in [0.25, 0.3) is 11.3 Å². The molecule has 0 saturated carbocycles. The zero-order valence-corrected chi connectivity index (χ0v) is 13.1. The van der Waals surface area contributed by atoms with Crippen molar-refractivity contribution < 1.29 is 0 Å². The van der Waals surface area contributed by atoms with Crippen molar-refractivity contribution in [1.82, 2.24) is 25.2 Å². The Morgan fingerprint density at radius 1 is 1.18 bits per heavy atom. The van der Waals surface area contributed by atoms with E-state index < -0.39 is 0 Å². The van der Waals surface area contributed by atoms with Gasteiger partial charge in [-0.2, -0.15) is 15.4 Å². The Balaban J connectivity index is 1.53. The van der Waals surface area contributed by atoms with Gasteiger partial charge in [-0.1, -0.05) is 30.3 Å². The summed E-state index contributed by atoms with van der Waals surface area (Å²) >= 11 is 0. The van der Waals surface area contributed by atoms with Gasteiger partial charge < -0.3 is 0 Å². The number of benzene rings is 1. The zero-order chi connectivity index (χ0) is 14.9. The van der Waals surface area contributed by atoms with Crippen molar-refractivity contribution in [2.24, 2.45) is 0 Å². The lowest BCUT2D eigenvalue weighted by Crippen LogP contribution is -2.54. The Hall–Kier alpha value is -1.72. The number of nitrogens with zero attached hydrogens (tertiary/aromatic N) is 4. The minimum Gasteiger partial charge on any atom is -0.298 e. The van der Waals surface area contributed by atoms with E-state index in [9.17, 15) is 0 Å². The van der Waals surface area contributed by atoms with Gasteiger partial charge in [0.15, 0.2) is 0 Å². The van der Waals surface area contributed by atoms with Crippen molar-refractivity contribution in [3.63, 3.8) is 0 Å². The molecule has 2 aliphatic rings. The Labute approximate surface area is 131 Å². The molecule has 0 bridgehead atoms. The molecule has 2 fully saturated rings. The Kier molecular flexibility index (Phi) is 3.68. The van der Waals surface area contributed by atoms with Gasteiger partial charge in [-0.25, -0.2) is 0 Å². The summed E-state index contributed by atoms with van der Waals surface area (Å²) in [5, 5.41) is 11.6. The van der Waals surface area contributed by atoms with Gasteiger partial charge in [-0.05, 0) is 26.3 Å². The van der Waals surface area contributed by atoms with Crippen molar-refractivity contribution in [3.05, 3.63) is 36.0 Å². The van der Waals surface area contributed by atoms with Crippen LogP contribution in [0.5, 0.6) is 0 Å². The lowest BCUT2D eigenvalue weighted by Gasteiger charge is -2.42. The van der Waals surface area contributed by atoms with Gasteiger partial charge in [0.2, 0.25) is 0 Å². The average Bonchev–Trinajstić information content (AvgIpc) is 3.17. The number of hydrogen-bond donors (Lipinski definition) is 1. The molecule has 0 radical (unpaired) electrons. The molecule has 0 aliphatic carbocycles. The van der Waals surface area contributed by atoms with Gasteiger partial charge in [0, 0.05) is 37.3 Å². The van der Waals surface area contributed by atoms with E-state index in [1.54, 1.807) is 0 Å². The molecule has 4 rings (SSSR count). The second-order valence-corrected chi connectivity index (χ2v) is 6.55. The fourth-order valence-electron chi connectivity index (χ4n) is 3.85. The van der Waals surface area contributed by atoms with Crippen LogP contribution in [-0.2, 0) is 6.54 Å². The number of rotatable bonds is 3. The van der Waals surface area contributed by atoms with E-state index in [4.69, 9.17) is 0 Å². The molecule has 1 N–H and O–H groups in total. The Bertz CT molecular complexity index is 623. The molecule has 0 spiro atoms. The highest BCUT2D eigenvalue weighted by atomic mass is 15.4. The molecule has 5 nitrogen and oxygen atoms in total. The molecule has 1 aromatic heterocycles. The molecule has 5 heteroatoms. The largest absolute Gasteiger partial charge is 0.298 e. The fourth-order valence-corrected chi connectivity index (χ4v) is 3.85. The normalized spacial score (nSPS) is 26.2. The Morgan fingerprint density at radius 3 is 2.91 bits per heavy atom. The predicted octanol–water partition coefficient (Wildman–Crippen LogP) is 2.14. The van der Waals surface area contributed by atoms with Crippen LogP contribution in [0.2, 0.25) is 0 Å². The molecule has 0 amide bonds. The number of piperazine rings is 1. The third-order valence-electron chi connectivity index (χ3n) is 5.09. The number of aromatic nitrogens is 3. The maximum Gasteiger partial charge on any atom is 0.117 e. The van der Waals surface area contributed by atoms with Gasteiger partial charge in [-0.3, -0.25) is 9.80 Å². The standard InChI is InChI=1S/C17H23N5/c1-13-10-21-9-5-8-15(21)11-22(13)12-16-17(19-20-18-16)14-6-3-2-4-7-14/h2-4,6-7,13,15H,5,8-12H2,1H3,(H,18,19,20)/t13-,15?/m0/s1. The third kappa shape index (κ3) is 2.55. The maximum atomic E-state index is 4.42. The van der Waals surface area contributed by atoms with E-state index in [1.807, 2.05) is 18.2 Å². The molecule has 116 valence electrons. The summed E-state index contributed by atoms with van der Waals surface area (Å²) in [6.07, 6.45) is 2.69. The second kappa shape index (κ2) is 5.82. The number of hydrogen-bond acceptors (Lipinski definition) is 4. The molecular formula is C17H23N5. The van der Waals surface area contributed by atoms with Crippen LogP contribution in [-0.4, -0.2) is 56.9 Å². The van der Waals surface area contributed by atoms with E-state index in [2.05, 4.69) is 44.3 Å². The van der Waals surface area contributed by atoms with Gasteiger partial charge in [0.1, 0.15) is 11.4 Å². The monoisotopic (exact) mass is 297 g/mol. The minimum atomic E-state index is 0.578. The number of aromatic amines is 1. The van der Waals surface area contributed by atoms with E-state index in [1.165, 1.54) is 25.9 Å². The molecule has 2 aliphatic heterocycles. The van der Waals surface area contributed by atoms with Crippen molar-refractivity contribution in [3.8, 4) is 11.3 Å². The van der Waals surface area contributed by atoms with Crippen molar-refractivity contribution >= 4 is 0 Å². The lowest BCUT2D eigenvalue weighted by molar-refractivity contribution is 0.0533. The summed E-state index contributed by atoms with van der Waals surface area (Å²) in [6, 6.07) is 11.6. The first-order valence-corrected chi connectivity index (χ1v) is 8.24. The molecule has 2 aromatic rings. The van der Waals surface area contributed by atoms with E-state index in [0.29, 0.717) is 6.04 Å². The fraction of sp³-hybridized carbons (Fsp3) is 0.529. The topological polar surface area (TPSA) is 48.0 Å². The van der Waals surface area contributed by atoms with Crippen LogP contribution in [0.15, 0.2) is 30.3 Å². The highest BCUT2D eigenvalue weighted by Gasteiger charge is 2.34. The first-order valence-electron chi connectivity index (χ1n) is 8.24. The summed E-state index contributed by atoms with van der Waals surface area (Å²) in [4.78, 5) is 5.22. The smallest absolute Gasteiger partial charge is 0.117 e. The first kappa shape index (κ1) is 13.9. The average molecular weight is 297 g/mol. The predicted molar refractivity (Wildman–Crippen MR) is 86.3 cm³/mol. The second-order valence-electron chi connectivity index (χ2n) is 6.55. The number of fused-ring (bicyclic) bond motifs is 1. The van der Waals surface area contributed by atoms with Gasteiger partial charge >= 0.3 is 0 Å². The molecule has 2 saturated heterocycles. The lowest BCUT2D eigenvalue weighted by atomic mass is 10.1. The summed E-state index contributed by atoms with van der Waals surface area (Å²) < 4.78 is 0. The van der Waals surface area contributed by atoms with Gasteiger partial charge in [0.05, 0.1) is 0 Å². The highest BCUT2D eigenvalue weighted by Crippen LogP contribution is 2.27. The zero-order valence-electron chi connectivity index (χ0n) is 13.1. The summed E-state index contributed by atoms with van der Waals surface area (Å²) in [5.41, 5.74) is 3.18. The quantitative estimate of drug-likeness (QED) is 0.943. The summed E-state index contributed by atoms with van der Waals surface area (Å²) in [5.74, 6) is 0. The van der Waals surface area contributed by atoms with Crippen LogP contribution < -0.4 is 0 Å². The molecule has 3 heterocycles. The molecule has 22 heavy (non-hydrogen) atoms. The SMILES string of the molecule is C[C@H]1CN2CCCC2CN1Cc1n[nH]nc1-c1ccccc1.